The number of alkyl halides is 3. The molecule has 0 radical (unpaired) electrons. The van der Waals surface area contributed by atoms with Gasteiger partial charge in [0, 0.05) is 18.5 Å². The van der Waals surface area contributed by atoms with Gasteiger partial charge >= 0.3 is 6.18 Å². The minimum atomic E-state index is -4.59. The molecule has 2 aliphatic rings. The summed E-state index contributed by atoms with van der Waals surface area (Å²) in [5.41, 5.74) is -0.634. The number of ether oxygens (including phenoxy) is 1. The number of carbonyl (C=O) groups is 1. The van der Waals surface area contributed by atoms with Crippen molar-refractivity contribution < 1.29 is 32.9 Å². The highest BCUT2D eigenvalue weighted by Gasteiger charge is 2.35. The first-order chi connectivity index (χ1) is 18.4. The van der Waals surface area contributed by atoms with E-state index in [0.717, 1.165) is 11.6 Å². The molecule has 2 aliphatic heterocycles. The van der Waals surface area contributed by atoms with Gasteiger partial charge in [-0.3, -0.25) is 9.48 Å². The molecule has 0 aliphatic carbocycles. The van der Waals surface area contributed by atoms with Crippen LogP contribution in [0.3, 0.4) is 0 Å². The fraction of sp³-hybridized carbons (Fsp3) is 0.370. The first kappa shape index (κ1) is 27.4. The zero-order valence-corrected chi connectivity index (χ0v) is 22.1. The molecule has 2 aromatic carbocycles. The van der Waals surface area contributed by atoms with E-state index in [1.54, 1.807) is 24.4 Å². The van der Waals surface area contributed by atoms with Gasteiger partial charge in [-0.05, 0) is 66.6 Å². The molecule has 1 aromatic heterocycles. The summed E-state index contributed by atoms with van der Waals surface area (Å²) >= 11 is 1.26. The number of morpholine rings is 1. The second kappa shape index (κ2) is 10.4. The van der Waals surface area contributed by atoms with Crippen LogP contribution in [0.2, 0.25) is 0 Å². The molecule has 0 spiro atoms. The third-order valence-corrected chi connectivity index (χ3v) is 7.67. The summed E-state index contributed by atoms with van der Waals surface area (Å²) in [5.74, 6) is -0.355. The van der Waals surface area contributed by atoms with Crippen LogP contribution in [0.1, 0.15) is 36.1 Å². The van der Waals surface area contributed by atoms with E-state index in [1.807, 2.05) is 11.0 Å². The number of hydrogen-bond acceptors (Lipinski definition) is 7. The van der Waals surface area contributed by atoms with Gasteiger partial charge in [0.15, 0.2) is 5.17 Å². The van der Waals surface area contributed by atoms with E-state index in [1.165, 1.54) is 42.4 Å². The Labute approximate surface area is 226 Å². The minimum absolute atomic E-state index is 0.0378. The highest BCUT2D eigenvalue weighted by Crippen LogP contribution is 2.36. The lowest BCUT2D eigenvalue weighted by atomic mass is 9.93. The van der Waals surface area contributed by atoms with Crippen molar-refractivity contribution in [2.45, 2.75) is 38.3 Å². The number of aliphatic imine (C=N–C) groups is 1. The molecule has 1 unspecified atom stereocenters. The van der Waals surface area contributed by atoms with Crippen LogP contribution in [0.25, 0.3) is 17.0 Å². The summed E-state index contributed by atoms with van der Waals surface area (Å²) in [6.07, 6.45) is -1.62. The van der Waals surface area contributed by atoms with Gasteiger partial charge in [-0.25, -0.2) is 0 Å². The molecule has 5 rings (SSSR count). The fourth-order valence-electron chi connectivity index (χ4n) is 4.53. The largest absolute Gasteiger partial charge is 0.416 e. The van der Waals surface area contributed by atoms with Crippen molar-refractivity contribution in [3.05, 3.63) is 69.8 Å². The first-order valence-electron chi connectivity index (χ1n) is 12.3. The maximum atomic E-state index is 13.8. The molecular formula is C27H27F3N4O4S. The molecule has 8 nitrogen and oxygen atoms in total. The van der Waals surface area contributed by atoms with Crippen LogP contribution in [0.15, 0.2) is 52.5 Å². The van der Waals surface area contributed by atoms with Gasteiger partial charge in [0.2, 0.25) is 0 Å². The summed E-state index contributed by atoms with van der Waals surface area (Å²) in [6, 6.07) is 9.20. The van der Waals surface area contributed by atoms with E-state index >= 15 is 0 Å². The quantitative estimate of drug-likeness (QED) is 0.455. The third kappa shape index (κ3) is 5.88. The van der Waals surface area contributed by atoms with Gasteiger partial charge in [0.1, 0.15) is 0 Å². The molecule has 1 atom stereocenters. The van der Waals surface area contributed by atoms with Gasteiger partial charge in [0.05, 0.1) is 53.6 Å². The Morgan fingerprint density at radius 1 is 1.21 bits per heavy atom. The van der Waals surface area contributed by atoms with Crippen molar-refractivity contribution >= 4 is 39.8 Å². The van der Waals surface area contributed by atoms with Crippen LogP contribution in [-0.2, 0) is 27.9 Å². The summed E-state index contributed by atoms with van der Waals surface area (Å²) in [6.45, 7) is 4.13. The monoisotopic (exact) mass is 560 g/mol. The third-order valence-electron chi connectivity index (χ3n) is 6.63. The number of aromatic nitrogens is 2. The molecule has 1 fully saturated rings. The van der Waals surface area contributed by atoms with Crippen LogP contribution in [0, 0.1) is 0 Å². The molecular weight excluding hydrogens is 533 g/mol. The van der Waals surface area contributed by atoms with E-state index in [0.29, 0.717) is 40.7 Å². The van der Waals surface area contributed by atoms with Gasteiger partial charge in [-0.1, -0.05) is 18.2 Å². The number of benzene rings is 2. The van der Waals surface area contributed by atoms with E-state index in [4.69, 9.17) is 4.74 Å². The van der Waals surface area contributed by atoms with Crippen LogP contribution >= 0.6 is 11.8 Å². The van der Waals surface area contributed by atoms with Gasteiger partial charge in [0.25, 0.3) is 5.91 Å². The van der Waals surface area contributed by atoms with E-state index in [-0.39, 0.29) is 36.3 Å². The Bertz CT molecular complexity index is 1480. The second-order valence-electron chi connectivity index (χ2n) is 9.98. The molecule has 3 aromatic rings. The average molecular weight is 561 g/mol. The van der Waals surface area contributed by atoms with Crippen molar-refractivity contribution in [3.8, 4) is 0 Å². The van der Waals surface area contributed by atoms with Crippen molar-refractivity contribution in [2.24, 2.45) is 4.99 Å². The van der Waals surface area contributed by atoms with Crippen molar-refractivity contribution in [3.63, 3.8) is 0 Å². The number of rotatable bonds is 5. The number of nitrogens with zero attached hydrogens (tertiary/aromatic N) is 4. The molecule has 1 amide bonds. The van der Waals surface area contributed by atoms with E-state index in [2.05, 4.69) is 10.1 Å². The highest BCUT2D eigenvalue weighted by atomic mass is 32.2. The summed E-state index contributed by atoms with van der Waals surface area (Å²) in [4.78, 5) is 19.1. The topological polar surface area (TPSA) is 100 Å². The first-order valence-corrected chi connectivity index (χ1v) is 13.1. The molecule has 3 heterocycles. The van der Waals surface area contributed by atoms with Crippen molar-refractivity contribution in [1.82, 2.24) is 14.7 Å². The number of amides is 1. The Balaban J connectivity index is 1.36. The highest BCUT2D eigenvalue weighted by molar-refractivity contribution is 8.18. The second-order valence-corrected chi connectivity index (χ2v) is 11.0. The number of fused-ring (bicyclic) bond motifs is 1. The lowest BCUT2D eigenvalue weighted by Crippen LogP contribution is -2.45. The number of hydrogen-bond donors (Lipinski definition) is 2. The van der Waals surface area contributed by atoms with Gasteiger partial charge in [-0.2, -0.15) is 23.3 Å². The molecule has 206 valence electrons. The number of aliphatic hydroxyl groups excluding tert-OH is 1. The minimum Gasteiger partial charge on any atom is -0.394 e. The Morgan fingerprint density at radius 3 is 2.72 bits per heavy atom. The SMILES string of the molecule is CC(C)(O)c1ccc(Cn2ncc3cc(/C=C4/SC(N5CCOC(CO)C5)=NC4=O)ccc32)c(C(F)(F)F)c1. The van der Waals surface area contributed by atoms with Crippen LogP contribution < -0.4 is 0 Å². The number of amidine groups is 1. The Morgan fingerprint density at radius 2 is 2.00 bits per heavy atom. The molecule has 0 saturated carbocycles. The number of carbonyl (C=O) groups excluding carboxylic acids is 1. The van der Waals surface area contributed by atoms with E-state index in [9.17, 15) is 28.2 Å². The zero-order valence-electron chi connectivity index (χ0n) is 21.3. The predicted octanol–water partition coefficient (Wildman–Crippen LogP) is 3.99. The van der Waals surface area contributed by atoms with Crippen molar-refractivity contribution in [1.29, 1.82) is 0 Å². The Hall–Kier alpha value is -3.19. The van der Waals surface area contributed by atoms with Crippen LogP contribution in [0.5, 0.6) is 0 Å². The molecule has 0 bridgehead atoms. The summed E-state index contributed by atoms with van der Waals surface area (Å²) in [5, 5.41) is 25.1. The standard InChI is InChI=1S/C27H27F3N4O4S/c1-26(2,37)19-5-4-17(21(11-19)27(28,29)30)13-34-22-6-3-16(9-18(22)12-31-34)10-23-24(36)32-25(39-23)33-7-8-38-20(14-33)15-35/h3-6,9-12,20,35,37H,7-8,13-15H2,1-2H3/b23-10+. The average Bonchev–Trinajstić information content (AvgIpc) is 3.45. The van der Waals surface area contributed by atoms with Crippen LogP contribution in [0.4, 0.5) is 13.2 Å². The molecule has 2 N–H and O–H groups in total. The van der Waals surface area contributed by atoms with E-state index < -0.39 is 17.3 Å². The Kier molecular flexibility index (Phi) is 7.31. The number of halogens is 3. The van der Waals surface area contributed by atoms with Gasteiger partial charge in [-0.15, -0.1) is 0 Å². The lowest BCUT2D eigenvalue weighted by Gasteiger charge is -2.32. The molecule has 12 heteroatoms. The zero-order chi connectivity index (χ0) is 27.9. The maximum absolute atomic E-state index is 13.8. The molecule has 39 heavy (non-hydrogen) atoms. The van der Waals surface area contributed by atoms with Gasteiger partial charge < -0.3 is 19.8 Å². The van der Waals surface area contributed by atoms with Crippen LogP contribution in [-0.4, -0.2) is 68.4 Å². The lowest BCUT2D eigenvalue weighted by molar-refractivity contribution is -0.138. The smallest absolute Gasteiger partial charge is 0.394 e. The number of aliphatic hydroxyl groups is 2. The maximum Gasteiger partial charge on any atom is 0.416 e. The fourth-order valence-corrected chi connectivity index (χ4v) is 5.48. The predicted molar refractivity (Wildman–Crippen MR) is 142 cm³/mol. The normalized spacial score (nSPS) is 19.8. The molecule has 1 saturated heterocycles. The summed E-state index contributed by atoms with van der Waals surface area (Å²) < 4.78 is 48.5. The summed E-state index contributed by atoms with van der Waals surface area (Å²) in [7, 11) is 0. The number of thioether (sulfide) groups is 1. The van der Waals surface area contributed by atoms with Crippen molar-refractivity contribution in [2.75, 3.05) is 26.3 Å².